The van der Waals surface area contributed by atoms with Crippen LogP contribution in [0.2, 0.25) is 0 Å². The third-order valence-electron chi connectivity index (χ3n) is 9.23. The number of rotatable bonds is 7. The molecule has 212 valence electrons. The quantitative estimate of drug-likeness (QED) is 0.419. The summed E-state index contributed by atoms with van der Waals surface area (Å²) >= 11 is 0. The minimum atomic E-state index is -0.637. The molecule has 41 heavy (non-hydrogen) atoms. The van der Waals surface area contributed by atoms with Gasteiger partial charge in [-0.05, 0) is 79.5 Å². The lowest BCUT2D eigenvalue weighted by molar-refractivity contribution is -0.133. The number of likely N-dealkylation sites (tertiary alicyclic amines) is 1. The molecule has 4 aliphatic rings. The normalized spacial score (nSPS) is 23.5. The fraction of sp³-hybridized carbons (Fsp3) is 0.438. The molecule has 2 fully saturated rings. The molecule has 0 radical (unpaired) electrons. The lowest BCUT2D eigenvalue weighted by Gasteiger charge is -2.45. The number of carbonyl (C=O) groups excluding carboxylic acids is 1. The summed E-state index contributed by atoms with van der Waals surface area (Å²) < 4.78 is 13.9. The molecule has 9 heteroatoms. The summed E-state index contributed by atoms with van der Waals surface area (Å²) in [5, 5.41) is 11.3. The second-order valence-electron chi connectivity index (χ2n) is 12.0. The molecule has 2 saturated heterocycles. The molecule has 0 saturated carbocycles. The van der Waals surface area contributed by atoms with Crippen molar-refractivity contribution in [1.29, 1.82) is 0 Å². The van der Waals surface area contributed by atoms with Gasteiger partial charge in [-0.2, -0.15) is 5.11 Å². The standard InChI is InChI=1S/C32H36FN7O/c1-37(2)20-29-34-28(35-36-29)13-16-39-21-40(25-11-9-24(33)10-12-25)32(31(39)41)14-17-38(18-15-32)27-19-23-7-3-5-22-6-4-8-26(27)30(22)23/h3-12,27-28H,13-21H2,1-2H3. The Morgan fingerprint density at radius 2 is 1.78 bits per heavy atom. The Balaban J connectivity index is 1.10. The van der Waals surface area contributed by atoms with Gasteiger partial charge in [0.1, 0.15) is 11.4 Å². The highest BCUT2D eigenvalue weighted by Crippen LogP contribution is 2.45. The van der Waals surface area contributed by atoms with E-state index in [4.69, 9.17) is 0 Å². The fourth-order valence-corrected chi connectivity index (χ4v) is 7.24. The van der Waals surface area contributed by atoms with Gasteiger partial charge in [-0.25, -0.2) is 9.38 Å². The van der Waals surface area contributed by atoms with Gasteiger partial charge >= 0.3 is 0 Å². The Kier molecular flexibility index (Phi) is 6.59. The smallest absolute Gasteiger partial charge is 0.250 e. The van der Waals surface area contributed by atoms with Crippen LogP contribution in [0.3, 0.4) is 0 Å². The molecule has 1 aliphatic carbocycles. The van der Waals surface area contributed by atoms with Crippen molar-refractivity contribution in [3.8, 4) is 0 Å². The number of piperidine rings is 1. The van der Waals surface area contributed by atoms with E-state index in [0.717, 1.165) is 43.9 Å². The number of hydrogen-bond acceptors (Lipinski definition) is 7. The van der Waals surface area contributed by atoms with E-state index in [1.54, 1.807) is 12.1 Å². The van der Waals surface area contributed by atoms with E-state index < -0.39 is 5.54 Å². The number of amides is 1. The first-order valence-electron chi connectivity index (χ1n) is 14.6. The van der Waals surface area contributed by atoms with Gasteiger partial charge in [0.05, 0.1) is 13.2 Å². The van der Waals surface area contributed by atoms with Crippen molar-refractivity contribution >= 4 is 28.2 Å². The highest BCUT2D eigenvalue weighted by molar-refractivity contribution is 5.94. The van der Waals surface area contributed by atoms with Gasteiger partial charge in [-0.3, -0.25) is 9.69 Å². The zero-order chi connectivity index (χ0) is 28.1. The predicted octanol–water partition coefficient (Wildman–Crippen LogP) is 4.86. The van der Waals surface area contributed by atoms with Gasteiger partial charge in [0.15, 0.2) is 12.0 Å². The van der Waals surface area contributed by atoms with Gasteiger partial charge < -0.3 is 14.7 Å². The number of aliphatic imine (C=N–C) groups is 1. The van der Waals surface area contributed by atoms with Gasteiger partial charge in [0, 0.05) is 37.8 Å². The van der Waals surface area contributed by atoms with E-state index in [0.29, 0.717) is 32.2 Å². The highest BCUT2D eigenvalue weighted by atomic mass is 19.1. The second-order valence-corrected chi connectivity index (χ2v) is 12.0. The summed E-state index contributed by atoms with van der Waals surface area (Å²) in [5.41, 5.74) is 3.08. The zero-order valence-electron chi connectivity index (χ0n) is 23.7. The Labute approximate surface area is 240 Å². The second kappa shape index (κ2) is 10.3. The Hall–Kier alpha value is -3.69. The summed E-state index contributed by atoms with van der Waals surface area (Å²) in [5.74, 6) is 0.618. The number of hydrogen-bond donors (Lipinski definition) is 0. The molecule has 3 aliphatic heterocycles. The first kappa shape index (κ1) is 26.2. The van der Waals surface area contributed by atoms with Crippen LogP contribution in [-0.4, -0.2) is 85.1 Å². The molecule has 1 amide bonds. The van der Waals surface area contributed by atoms with Gasteiger partial charge in [0.25, 0.3) is 0 Å². The third kappa shape index (κ3) is 4.61. The summed E-state index contributed by atoms with van der Waals surface area (Å²) in [6.07, 6.45) is 2.86. The molecule has 7 rings (SSSR count). The predicted molar refractivity (Wildman–Crippen MR) is 159 cm³/mol. The summed E-state index contributed by atoms with van der Waals surface area (Å²) in [4.78, 5) is 27.6. The van der Waals surface area contributed by atoms with E-state index in [2.05, 4.69) is 61.4 Å². The number of amidine groups is 1. The Morgan fingerprint density at radius 3 is 2.54 bits per heavy atom. The number of anilines is 1. The van der Waals surface area contributed by atoms with Crippen molar-refractivity contribution in [1.82, 2.24) is 14.7 Å². The van der Waals surface area contributed by atoms with Gasteiger partial charge in [-0.15, -0.1) is 5.11 Å². The van der Waals surface area contributed by atoms with Crippen LogP contribution in [0.1, 0.15) is 36.4 Å². The van der Waals surface area contributed by atoms with Crippen LogP contribution in [0.25, 0.3) is 10.8 Å². The zero-order valence-corrected chi connectivity index (χ0v) is 23.7. The van der Waals surface area contributed by atoms with Crippen LogP contribution >= 0.6 is 0 Å². The van der Waals surface area contributed by atoms with Crippen LogP contribution in [0, 0.1) is 5.82 Å². The molecule has 2 atom stereocenters. The topological polar surface area (TPSA) is 67.1 Å². The van der Waals surface area contributed by atoms with E-state index in [1.807, 2.05) is 23.9 Å². The Morgan fingerprint density at radius 1 is 1.02 bits per heavy atom. The largest absolute Gasteiger partial charge is 0.339 e. The van der Waals surface area contributed by atoms with E-state index >= 15 is 0 Å². The van der Waals surface area contributed by atoms with E-state index in [9.17, 15) is 9.18 Å². The Bertz CT molecular complexity index is 1520. The van der Waals surface area contributed by atoms with Crippen molar-refractivity contribution < 1.29 is 9.18 Å². The van der Waals surface area contributed by atoms with Crippen molar-refractivity contribution in [2.24, 2.45) is 15.2 Å². The number of nitrogens with zero attached hydrogens (tertiary/aromatic N) is 7. The van der Waals surface area contributed by atoms with E-state index in [1.165, 1.54) is 34.0 Å². The van der Waals surface area contributed by atoms with Crippen LogP contribution in [0.5, 0.6) is 0 Å². The molecule has 2 unspecified atom stereocenters. The maximum atomic E-state index is 14.2. The number of azo groups is 1. The van der Waals surface area contributed by atoms with Crippen molar-refractivity contribution in [2.75, 3.05) is 51.8 Å². The molecule has 1 spiro atoms. The van der Waals surface area contributed by atoms with Crippen LogP contribution in [0.4, 0.5) is 10.1 Å². The molecule has 0 N–H and O–H groups in total. The van der Waals surface area contributed by atoms with Crippen LogP contribution in [0.15, 0.2) is 75.9 Å². The average Bonchev–Trinajstić information content (AvgIpc) is 3.65. The molecule has 0 bridgehead atoms. The van der Waals surface area contributed by atoms with E-state index in [-0.39, 0.29) is 17.9 Å². The average molecular weight is 554 g/mol. The van der Waals surface area contributed by atoms with Crippen molar-refractivity contribution in [2.45, 2.75) is 43.4 Å². The van der Waals surface area contributed by atoms with Gasteiger partial charge in [-0.1, -0.05) is 36.4 Å². The van der Waals surface area contributed by atoms with Crippen LogP contribution < -0.4 is 4.90 Å². The summed E-state index contributed by atoms with van der Waals surface area (Å²) in [6, 6.07) is 20.2. The molecule has 0 aromatic heterocycles. The maximum absolute atomic E-state index is 14.2. The summed E-state index contributed by atoms with van der Waals surface area (Å²) in [6.45, 7) is 3.37. The molecular weight excluding hydrogens is 517 g/mol. The lowest BCUT2D eigenvalue weighted by atomic mass is 9.84. The van der Waals surface area contributed by atoms with Crippen molar-refractivity contribution in [3.63, 3.8) is 0 Å². The van der Waals surface area contributed by atoms with Crippen LogP contribution in [-0.2, 0) is 11.2 Å². The molecule has 3 aromatic carbocycles. The lowest BCUT2D eigenvalue weighted by Crippen LogP contribution is -2.57. The fourth-order valence-electron chi connectivity index (χ4n) is 7.24. The highest BCUT2D eigenvalue weighted by Gasteiger charge is 2.54. The molecular formula is C32H36FN7O. The van der Waals surface area contributed by atoms with Gasteiger partial charge in [0.2, 0.25) is 5.91 Å². The maximum Gasteiger partial charge on any atom is 0.250 e. The molecule has 3 aromatic rings. The first-order valence-corrected chi connectivity index (χ1v) is 14.6. The molecule has 3 heterocycles. The van der Waals surface area contributed by atoms with Crippen molar-refractivity contribution in [3.05, 3.63) is 77.6 Å². The third-order valence-corrected chi connectivity index (χ3v) is 9.23. The minimum absolute atomic E-state index is 0.158. The monoisotopic (exact) mass is 553 g/mol. The minimum Gasteiger partial charge on any atom is -0.339 e. The molecule has 8 nitrogen and oxygen atoms in total. The number of halogens is 1. The first-order chi connectivity index (χ1) is 19.9. The number of likely N-dealkylation sites (N-methyl/N-ethyl adjacent to an activating group) is 1. The number of carbonyl (C=O) groups is 1. The SMILES string of the molecule is CN(C)CC1=NC(CCN2CN(c3ccc(F)cc3)C3(CCN(C4Cc5cccc6cccc4c56)CC3)C2=O)N=N1. The summed E-state index contributed by atoms with van der Waals surface area (Å²) in [7, 11) is 3.96. The number of benzene rings is 3.